The number of carbonyl (C=O) groups is 1. The zero-order valence-corrected chi connectivity index (χ0v) is 15.3. The number of hydrogen-bond acceptors (Lipinski definition) is 4. The third-order valence-electron chi connectivity index (χ3n) is 3.26. The lowest BCUT2D eigenvalue weighted by Gasteiger charge is -2.14. The number of amides is 1. The van der Waals surface area contributed by atoms with Crippen LogP contribution in [-0.4, -0.2) is 19.6 Å². The number of carbonyl (C=O) groups excluding carboxylic acids is 1. The smallest absolute Gasteiger partial charge is 0.244 e. The summed E-state index contributed by atoms with van der Waals surface area (Å²) in [5, 5.41) is 3.17. The van der Waals surface area contributed by atoms with Gasteiger partial charge in [0.15, 0.2) is 11.5 Å². The van der Waals surface area contributed by atoms with Crippen molar-refractivity contribution in [1.82, 2.24) is 5.32 Å². The van der Waals surface area contributed by atoms with E-state index in [-0.39, 0.29) is 5.91 Å². The monoisotopic (exact) mass is 363 g/mol. The summed E-state index contributed by atoms with van der Waals surface area (Å²) >= 11 is 6.29. The molecule has 0 saturated carbocycles. The lowest BCUT2D eigenvalue weighted by atomic mass is 10.1. The predicted molar refractivity (Wildman–Crippen MR) is 97.9 cm³/mol. The minimum atomic E-state index is -0.230. The van der Waals surface area contributed by atoms with E-state index in [4.69, 9.17) is 25.5 Å². The Morgan fingerprint density at radius 3 is 2.84 bits per heavy atom. The van der Waals surface area contributed by atoms with E-state index in [1.165, 1.54) is 6.08 Å². The molecule has 0 saturated heterocycles. The largest absolute Gasteiger partial charge is 0.493 e. The predicted octanol–water partition coefficient (Wildman–Crippen LogP) is 4.31. The van der Waals surface area contributed by atoms with Crippen LogP contribution in [0.2, 0.25) is 5.02 Å². The van der Waals surface area contributed by atoms with Crippen molar-refractivity contribution >= 4 is 23.6 Å². The third kappa shape index (κ3) is 5.87. The molecule has 0 atom stereocenters. The Morgan fingerprint density at radius 2 is 2.20 bits per heavy atom. The number of rotatable bonds is 8. The van der Waals surface area contributed by atoms with Crippen molar-refractivity contribution in [2.45, 2.75) is 20.4 Å². The van der Waals surface area contributed by atoms with Crippen molar-refractivity contribution in [2.75, 3.05) is 13.7 Å². The molecule has 1 amide bonds. The number of methoxy groups -OCH3 is 1. The maximum atomic E-state index is 11.9. The van der Waals surface area contributed by atoms with Gasteiger partial charge in [0, 0.05) is 6.08 Å². The number of benzene rings is 1. The van der Waals surface area contributed by atoms with Crippen LogP contribution in [0.4, 0.5) is 0 Å². The summed E-state index contributed by atoms with van der Waals surface area (Å²) in [5.74, 6) is 1.88. The zero-order valence-electron chi connectivity index (χ0n) is 14.5. The van der Waals surface area contributed by atoms with Gasteiger partial charge >= 0.3 is 0 Å². The Bertz CT molecular complexity index is 723. The van der Waals surface area contributed by atoms with Gasteiger partial charge in [0.1, 0.15) is 5.76 Å². The minimum Gasteiger partial charge on any atom is -0.493 e. The van der Waals surface area contributed by atoms with Crippen molar-refractivity contribution in [3.8, 4) is 11.5 Å². The van der Waals surface area contributed by atoms with Gasteiger partial charge in [-0.15, -0.1) is 0 Å². The highest BCUT2D eigenvalue weighted by Crippen LogP contribution is 2.37. The zero-order chi connectivity index (χ0) is 18.2. The fourth-order valence-electron chi connectivity index (χ4n) is 2.04. The summed E-state index contributed by atoms with van der Waals surface area (Å²) in [4.78, 5) is 11.9. The normalized spacial score (nSPS) is 11.1. The average molecular weight is 364 g/mol. The van der Waals surface area contributed by atoms with Crippen LogP contribution in [-0.2, 0) is 11.3 Å². The summed E-state index contributed by atoms with van der Waals surface area (Å²) in [7, 11) is 1.55. The second kappa shape index (κ2) is 9.18. The summed E-state index contributed by atoms with van der Waals surface area (Å²) in [6, 6.07) is 7.08. The molecule has 0 radical (unpaired) electrons. The molecule has 134 valence electrons. The van der Waals surface area contributed by atoms with Gasteiger partial charge in [-0.1, -0.05) is 25.4 Å². The number of furan rings is 1. The first kappa shape index (κ1) is 18.9. The van der Waals surface area contributed by atoms with Gasteiger partial charge in [-0.3, -0.25) is 4.79 Å². The van der Waals surface area contributed by atoms with Crippen molar-refractivity contribution in [3.63, 3.8) is 0 Å². The van der Waals surface area contributed by atoms with Crippen molar-refractivity contribution < 1.29 is 18.7 Å². The quantitative estimate of drug-likeness (QED) is 0.710. The fourth-order valence-corrected chi connectivity index (χ4v) is 2.32. The molecular weight excluding hydrogens is 342 g/mol. The van der Waals surface area contributed by atoms with Crippen molar-refractivity contribution in [3.05, 3.63) is 53.0 Å². The molecule has 6 heteroatoms. The van der Waals surface area contributed by atoms with Crippen LogP contribution in [0, 0.1) is 5.92 Å². The van der Waals surface area contributed by atoms with E-state index >= 15 is 0 Å². The van der Waals surface area contributed by atoms with Crippen LogP contribution >= 0.6 is 11.6 Å². The van der Waals surface area contributed by atoms with Gasteiger partial charge in [-0.05, 0) is 41.8 Å². The first-order chi connectivity index (χ1) is 12.0. The fraction of sp³-hybridized carbons (Fsp3) is 0.316. The van der Waals surface area contributed by atoms with E-state index in [0.29, 0.717) is 41.4 Å². The topological polar surface area (TPSA) is 60.7 Å². The summed E-state index contributed by atoms with van der Waals surface area (Å²) < 4.78 is 16.2. The summed E-state index contributed by atoms with van der Waals surface area (Å²) in [6.07, 6.45) is 4.66. The van der Waals surface area contributed by atoms with E-state index in [1.807, 2.05) is 0 Å². The lowest BCUT2D eigenvalue weighted by Crippen LogP contribution is -2.19. The van der Waals surface area contributed by atoms with Gasteiger partial charge < -0.3 is 19.2 Å². The molecule has 2 rings (SSSR count). The Hall–Kier alpha value is -2.40. The summed E-state index contributed by atoms with van der Waals surface area (Å²) in [6.45, 7) is 4.99. The van der Waals surface area contributed by atoms with Crippen molar-refractivity contribution in [2.24, 2.45) is 5.92 Å². The molecule has 0 bridgehead atoms. The SMILES string of the molecule is COc1cc(/C=C/C(=O)NCc2ccco2)cc(Cl)c1OCC(C)C. The van der Waals surface area contributed by atoms with Crippen LogP contribution in [0.1, 0.15) is 25.2 Å². The van der Waals surface area contributed by atoms with Gasteiger partial charge in [-0.25, -0.2) is 0 Å². The molecular formula is C19H22ClNO4. The van der Waals surface area contributed by atoms with Gasteiger partial charge in [0.05, 0.1) is 31.5 Å². The second-order valence-corrected chi connectivity index (χ2v) is 6.28. The van der Waals surface area contributed by atoms with Crippen LogP contribution < -0.4 is 14.8 Å². The van der Waals surface area contributed by atoms with E-state index < -0.39 is 0 Å². The number of hydrogen-bond donors (Lipinski definition) is 1. The average Bonchev–Trinajstić information content (AvgIpc) is 3.10. The molecule has 1 aromatic carbocycles. The first-order valence-electron chi connectivity index (χ1n) is 7.98. The Kier molecular flexibility index (Phi) is 6.95. The standard InChI is InChI=1S/C19H22ClNO4/c1-13(2)12-25-19-16(20)9-14(10-17(19)23-3)6-7-18(22)21-11-15-5-4-8-24-15/h4-10,13H,11-12H2,1-3H3,(H,21,22)/b7-6+. The summed E-state index contributed by atoms with van der Waals surface area (Å²) in [5.41, 5.74) is 0.742. The molecule has 5 nitrogen and oxygen atoms in total. The first-order valence-corrected chi connectivity index (χ1v) is 8.36. The Labute approximate surface area is 152 Å². The maximum Gasteiger partial charge on any atom is 0.244 e. The van der Waals surface area contributed by atoms with Crippen LogP contribution in [0.15, 0.2) is 41.0 Å². The molecule has 0 fully saturated rings. The van der Waals surface area contributed by atoms with Gasteiger partial charge in [0.2, 0.25) is 5.91 Å². The van der Waals surface area contributed by atoms with E-state index in [2.05, 4.69) is 19.2 Å². The van der Waals surface area contributed by atoms with Crippen LogP contribution in [0.25, 0.3) is 6.08 Å². The molecule has 1 aromatic heterocycles. The second-order valence-electron chi connectivity index (χ2n) is 5.87. The van der Waals surface area contributed by atoms with Gasteiger partial charge in [0.25, 0.3) is 0 Å². The number of nitrogens with one attached hydrogen (secondary N) is 1. The van der Waals surface area contributed by atoms with E-state index in [1.54, 1.807) is 43.7 Å². The molecule has 0 aliphatic heterocycles. The molecule has 0 aliphatic carbocycles. The van der Waals surface area contributed by atoms with E-state index in [9.17, 15) is 4.79 Å². The van der Waals surface area contributed by atoms with E-state index in [0.717, 1.165) is 5.56 Å². The Morgan fingerprint density at radius 1 is 1.40 bits per heavy atom. The minimum absolute atomic E-state index is 0.230. The highest BCUT2D eigenvalue weighted by atomic mass is 35.5. The van der Waals surface area contributed by atoms with Gasteiger partial charge in [-0.2, -0.15) is 0 Å². The molecule has 25 heavy (non-hydrogen) atoms. The lowest BCUT2D eigenvalue weighted by molar-refractivity contribution is -0.116. The van der Waals surface area contributed by atoms with Crippen molar-refractivity contribution in [1.29, 1.82) is 0 Å². The molecule has 1 heterocycles. The molecule has 0 aliphatic rings. The highest BCUT2D eigenvalue weighted by Gasteiger charge is 2.12. The molecule has 2 aromatic rings. The molecule has 0 spiro atoms. The highest BCUT2D eigenvalue weighted by molar-refractivity contribution is 6.32. The third-order valence-corrected chi connectivity index (χ3v) is 3.54. The van der Waals surface area contributed by atoms with Crippen LogP contribution in [0.5, 0.6) is 11.5 Å². The maximum absolute atomic E-state index is 11.9. The number of halogens is 1. The Balaban J connectivity index is 2.03. The number of ether oxygens (including phenoxy) is 2. The molecule has 1 N–H and O–H groups in total. The molecule has 0 unspecified atom stereocenters. The van der Waals surface area contributed by atoms with Crippen LogP contribution in [0.3, 0.4) is 0 Å².